The number of hydrogen-bond donors (Lipinski definition) is 1. The molecule has 1 fully saturated rings. The van der Waals surface area contributed by atoms with Gasteiger partial charge in [0.25, 0.3) is 0 Å². The molecule has 3 amide bonds. The Labute approximate surface area is 145 Å². The molecule has 0 radical (unpaired) electrons. The zero-order chi connectivity index (χ0) is 17.3. The first-order valence-corrected chi connectivity index (χ1v) is 8.72. The maximum absolute atomic E-state index is 12.5. The van der Waals surface area contributed by atoms with Crippen molar-refractivity contribution in [3.8, 4) is 5.69 Å². The van der Waals surface area contributed by atoms with E-state index in [1.54, 1.807) is 13.1 Å². The van der Waals surface area contributed by atoms with Crippen molar-refractivity contribution in [3.05, 3.63) is 41.7 Å². The number of amides is 3. The second kappa shape index (κ2) is 6.68. The second-order valence-electron chi connectivity index (χ2n) is 5.85. The highest BCUT2D eigenvalue weighted by atomic mass is 32.2. The molecule has 2 heterocycles. The van der Waals surface area contributed by atoms with Crippen LogP contribution in [0.5, 0.6) is 0 Å². The van der Waals surface area contributed by atoms with Crippen molar-refractivity contribution < 1.29 is 9.59 Å². The Bertz CT molecular complexity index is 787. The molecule has 1 N–H and O–H groups in total. The number of urea groups is 1. The highest BCUT2D eigenvalue weighted by molar-refractivity contribution is 8.00. The Hall–Kier alpha value is -2.28. The molecule has 1 aliphatic heterocycles. The molecule has 0 spiro atoms. The molecule has 3 rings (SSSR count). The molecule has 1 aromatic carbocycles. The van der Waals surface area contributed by atoms with Gasteiger partial charge >= 0.3 is 6.03 Å². The average molecular weight is 344 g/mol. The first-order chi connectivity index (χ1) is 11.5. The van der Waals surface area contributed by atoms with Crippen LogP contribution in [0.1, 0.15) is 18.1 Å². The molecule has 6 nitrogen and oxygen atoms in total. The Kier molecular flexibility index (Phi) is 4.62. The molecule has 1 saturated heterocycles. The van der Waals surface area contributed by atoms with Crippen molar-refractivity contribution in [2.45, 2.75) is 31.2 Å². The number of carbonyl (C=O) groups excluding carboxylic acids is 2. The minimum atomic E-state index is -0.389. The first-order valence-electron chi connectivity index (χ1n) is 7.84. The summed E-state index contributed by atoms with van der Waals surface area (Å²) in [4.78, 5) is 29.8. The van der Waals surface area contributed by atoms with E-state index in [2.05, 4.69) is 28.5 Å². The molecule has 1 unspecified atom stereocenters. The molecular weight excluding hydrogens is 324 g/mol. The van der Waals surface area contributed by atoms with Crippen LogP contribution in [0.2, 0.25) is 0 Å². The first kappa shape index (κ1) is 16.6. The third-order valence-corrected chi connectivity index (χ3v) is 5.05. The van der Waals surface area contributed by atoms with Crippen LogP contribution < -0.4 is 5.32 Å². The van der Waals surface area contributed by atoms with Gasteiger partial charge in [0.05, 0.1) is 10.9 Å². The molecule has 0 saturated carbocycles. The fourth-order valence-electron chi connectivity index (χ4n) is 2.65. The van der Waals surface area contributed by atoms with E-state index >= 15 is 0 Å². The largest absolute Gasteiger partial charge is 0.336 e. The van der Waals surface area contributed by atoms with Gasteiger partial charge in [0, 0.05) is 25.5 Å². The predicted molar refractivity (Wildman–Crippen MR) is 93.5 cm³/mol. The van der Waals surface area contributed by atoms with E-state index in [1.807, 2.05) is 24.6 Å². The summed E-state index contributed by atoms with van der Waals surface area (Å²) in [5.74, 6) is -0.189. The van der Waals surface area contributed by atoms with Crippen LogP contribution >= 0.6 is 11.8 Å². The minimum absolute atomic E-state index is 0.189. The number of benzene rings is 1. The molecule has 126 valence electrons. The highest BCUT2D eigenvalue weighted by Crippen LogP contribution is 2.27. The Balaban J connectivity index is 1.82. The van der Waals surface area contributed by atoms with Crippen molar-refractivity contribution in [3.63, 3.8) is 0 Å². The van der Waals surface area contributed by atoms with E-state index < -0.39 is 0 Å². The topological polar surface area (TPSA) is 67.2 Å². The maximum Gasteiger partial charge on any atom is 0.324 e. The van der Waals surface area contributed by atoms with Crippen molar-refractivity contribution in [1.29, 1.82) is 0 Å². The maximum atomic E-state index is 12.5. The molecule has 1 atom stereocenters. The number of nitrogens with zero attached hydrogens (tertiary/aromatic N) is 3. The Morgan fingerprint density at radius 1 is 1.38 bits per heavy atom. The summed E-state index contributed by atoms with van der Waals surface area (Å²) in [6.07, 6.45) is 3.62. The van der Waals surface area contributed by atoms with Crippen LogP contribution in [-0.2, 0) is 4.79 Å². The normalized spacial score (nSPS) is 15.5. The van der Waals surface area contributed by atoms with E-state index in [0.29, 0.717) is 13.1 Å². The van der Waals surface area contributed by atoms with Crippen LogP contribution in [0.15, 0.2) is 35.7 Å². The smallest absolute Gasteiger partial charge is 0.324 e. The standard InChI is InChI=1S/C17H20N4O2S/c1-11-4-5-12(2)14(10-11)20-8-7-19-17(20)24-13(3)15(22)21-9-6-18-16(21)23/h4-5,7-8,10,13H,6,9H2,1-3H3,(H,18,23). The van der Waals surface area contributed by atoms with E-state index in [1.165, 1.54) is 16.7 Å². The second-order valence-corrected chi connectivity index (χ2v) is 7.16. The summed E-state index contributed by atoms with van der Waals surface area (Å²) >= 11 is 1.36. The van der Waals surface area contributed by atoms with E-state index in [4.69, 9.17) is 0 Å². The third-order valence-electron chi connectivity index (χ3n) is 3.98. The molecule has 0 aliphatic carbocycles. The lowest BCUT2D eigenvalue weighted by atomic mass is 10.1. The number of thioether (sulfide) groups is 1. The number of imide groups is 1. The molecule has 0 bridgehead atoms. The predicted octanol–water partition coefficient (Wildman–Crippen LogP) is 2.52. The van der Waals surface area contributed by atoms with Gasteiger partial charge in [-0.25, -0.2) is 9.78 Å². The van der Waals surface area contributed by atoms with Gasteiger partial charge in [-0.1, -0.05) is 23.9 Å². The summed E-state index contributed by atoms with van der Waals surface area (Å²) in [5.41, 5.74) is 3.35. The summed E-state index contributed by atoms with van der Waals surface area (Å²) < 4.78 is 1.99. The van der Waals surface area contributed by atoms with E-state index in [9.17, 15) is 9.59 Å². The zero-order valence-electron chi connectivity index (χ0n) is 13.9. The molecule has 1 aromatic heterocycles. The Morgan fingerprint density at radius 2 is 2.17 bits per heavy atom. The van der Waals surface area contributed by atoms with Crippen LogP contribution in [0.3, 0.4) is 0 Å². The fraction of sp³-hybridized carbons (Fsp3) is 0.353. The number of aryl methyl sites for hydroxylation is 2. The van der Waals surface area contributed by atoms with Gasteiger partial charge in [-0.3, -0.25) is 14.3 Å². The van der Waals surface area contributed by atoms with Crippen LogP contribution in [0.4, 0.5) is 4.79 Å². The number of aromatic nitrogens is 2. The number of rotatable bonds is 4. The van der Waals surface area contributed by atoms with Crippen LogP contribution in [0.25, 0.3) is 5.69 Å². The molecule has 2 aromatic rings. The fourth-order valence-corrected chi connectivity index (χ4v) is 3.59. The number of hydrogen-bond acceptors (Lipinski definition) is 4. The van der Waals surface area contributed by atoms with E-state index in [0.717, 1.165) is 22.0 Å². The van der Waals surface area contributed by atoms with Crippen molar-refractivity contribution in [1.82, 2.24) is 19.8 Å². The van der Waals surface area contributed by atoms with E-state index in [-0.39, 0.29) is 17.2 Å². The minimum Gasteiger partial charge on any atom is -0.336 e. The van der Waals surface area contributed by atoms with Crippen LogP contribution in [0, 0.1) is 13.8 Å². The van der Waals surface area contributed by atoms with Gasteiger partial charge in [0.15, 0.2) is 5.16 Å². The molecule has 1 aliphatic rings. The molecule has 7 heteroatoms. The molecule has 24 heavy (non-hydrogen) atoms. The Morgan fingerprint density at radius 3 is 2.88 bits per heavy atom. The SMILES string of the molecule is Cc1ccc(C)c(-n2ccnc2SC(C)C(=O)N2CCNC2=O)c1. The lowest BCUT2D eigenvalue weighted by Gasteiger charge is -2.18. The van der Waals surface area contributed by atoms with Gasteiger partial charge in [-0.05, 0) is 38.0 Å². The lowest BCUT2D eigenvalue weighted by Crippen LogP contribution is -2.39. The van der Waals surface area contributed by atoms with Crippen molar-refractivity contribution >= 4 is 23.7 Å². The van der Waals surface area contributed by atoms with Gasteiger partial charge < -0.3 is 5.32 Å². The number of carbonyl (C=O) groups is 2. The monoisotopic (exact) mass is 344 g/mol. The highest BCUT2D eigenvalue weighted by Gasteiger charge is 2.30. The summed E-state index contributed by atoms with van der Waals surface area (Å²) in [6, 6.07) is 5.93. The summed E-state index contributed by atoms with van der Waals surface area (Å²) in [5, 5.41) is 3.00. The van der Waals surface area contributed by atoms with Crippen molar-refractivity contribution in [2.24, 2.45) is 0 Å². The van der Waals surface area contributed by atoms with Gasteiger partial charge in [0.2, 0.25) is 5.91 Å². The number of imidazole rings is 1. The van der Waals surface area contributed by atoms with Gasteiger partial charge in [0.1, 0.15) is 0 Å². The zero-order valence-corrected chi connectivity index (χ0v) is 14.8. The summed E-state index contributed by atoms with van der Waals surface area (Å²) in [7, 11) is 0. The van der Waals surface area contributed by atoms with Crippen molar-refractivity contribution in [2.75, 3.05) is 13.1 Å². The van der Waals surface area contributed by atoms with Gasteiger partial charge in [-0.2, -0.15) is 0 Å². The lowest BCUT2D eigenvalue weighted by molar-refractivity contribution is -0.126. The average Bonchev–Trinajstić information content (AvgIpc) is 3.18. The quantitative estimate of drug-likeness (QED) is 0.866. The van der Waals surface area contributed by atoms with Crippen LogP contribution in [-0.4, -0.2) is 44.7 Å². The molecular formula is C17H20N4O2S. The number of nitrogens with one attached hydrogen (secondary N) is 1. The third kappa shape index (κ3) is 3.17. The summed E-state index contributed by atoms with van der Waals surface area (Å²) in [6.45, 7) is 6.84. The van der Waals surface area contributed by atoms with Gasteiger partial charge in [-0.15, -0.1) is 0 Å².